The molecule has 1 amide bonds. The van der Waals surface area contributed by atoms with Crippen LogP contribution in [0.1, 0.15) is 18.4 Å². The summed E-state index contributed by atoms with van der Waals surface area (Å²) in [6.07, 6.45) is 1.56. The van der Waals surface area contributed by atoms with Crippen LogP contribution in [0.2, 0.25) is 0 Å². The highest BCUT2D eigenvalue weighted by Crippen LogP contribution is 2.21. The third-order valence-electron chi connectivity index (χ3n) is 3.51. The highest BCUT2D eigenvalue weighted by molar-refractivity contribution is 5.95. The number of nitrogens with one attached hydrogen (secondary N) is 1. The van der Waals surface area contributed by atoms with E-state index in [2.05, 4.69) is 10.3 Å². The lowest BCUT2D eigenvalue weighted by molar-refractivity contribution is -0.117. The molecule has 0 unspecified atom stereocenters. The van der Waals surface area contributed by atoms with Crippen LogP contribution in [0.25, 0.3) is 0 Å². The molecule has 21 heavy (non-hydrogen) atoms. The summed E-state index contributed by atoms with van der Waals surface area (Å²) >= 11 is 0. The summed E-state index contributed by atoms with van der Waals surface area (Å²) in [5.74, 6) is 0.196. The molecular weight excluding hydrogens is 269 g/mol. The number of hydrogen-bond acceptors (Lipinski definition) is 3. The van der Waals surface area contributed by atoms with Gasteiger partial charge >= 0.3 is 0 Å². The quantitative estimate of drug-likeness (QED) is 0.878. The maximum atomic E-state index is 13.0. The van der Waals surface area contributed by atoms with Crippen molar-refractivity contribution in [2.75, 3.05) is 16.8 Å². The number of anilines is 2. The fourth-order valence-corrected chi connectivity index (χ4v) is 2.41. The number of halogens is 1. The van der Waals surface area contributed by atoms with E-state index >= 15 is 0 Å². The zero-order valence-electron chi connectivity index (χ0n) is 11.6. The minimum atomic E-state index is -0.497. The van der Waals surface area contributed by atoms with Crippen LogP contribution in [-0.4, -0.2) is 17.4 Å². The zero-order valence-corrected chi connectivity index (χ0v) is 11.6. The van der Waals surface area contributed by atoms with Crippen LogP contribution in [0.4, 0.5) is 15.9 Å². The van der Waals surface area contributed by atoms with Gasteiger partial charge in [0, 0.05) is 25.2 Å². The topological polar surface area (TPSA) is 45.2 Å². The van der Waals surface area contributed by atoms with Gasteiger partial charge < -0.3 is 10.2 Å². The molecule has 1 fully saturated rings. The van der Waals surface area contributed by atoms with Gasteiger partial charge in [-0.3, -0.25) is 4.79 Å². The van der Waals surface area contributed by atoms with Gasteiger partial charge in [-0.05, 0) is 36.2 Å². The number of rotatable bonds is 4. The van der Waals surface area contributed by atoms with E-state index < -0.39 is 5.95 Å². The van der Waals surface area contributed by atoms with Gasteiger partial charge in [-0.1, -0.05) is 18.2 Å². The first-order valence-electron chi connectivity index (χ1n) is 6.98. The first kappa shape index (κ1) is 13.5. The third-order valence-corrected chi connectivity index (χ3v) is 3.51. The number of pyridine rings is 1. The fourth-order valence-electron chi connectivity index (χ4n) is 2.41. The van der Waals surface area contributed by atoms with Gasteiger partial charge in [-0.2, -0.15) is 4.39 Å². The molecule has 1 aromatic heterocycles. The standard InChI is InChI=1S/C16H16FN3O/c17-14-3-1-4-15(19-14)18-11-12-6-8-13(9-7-12)20-10-2-5-16(20)21/h1,3-4,6-9H,2,5,10-11H2,(H,18,19). The number of carbonyl (C=O) groups is 1. The summed E-state index contributed by atoms with van der Waals surface area (Å²) in [5.41, 5.74) is 1.99. The molecule has 2 heterocycles. The molecule has 5 heteroatoms. The van der Waals surface area contributed by atoms with Crippen molar-refractivity contribution in [3.63, 3.8) is 0 Å². The molecule has 0 saturated carbocycles. The van der Waals surface area contributed by atoms with E-state index in [0.717, 1.165) is 24.2 Å². The zero-order chi connectivity index (χ0) is 14.7. The van der Waals surface area contributed by atoms with Gasteiger partial charge in [0.15, 0.2) is 0 Å². The molecule has 108 valence electrons. The van der Waals surface area contributed by atoms with Crippen molar-refractivity contribution in [3.05, 3.63) is 54.0 Å². The second kappa shape index (κ2) is 5.91. The number of carbonyl (C=O) groups excluding carboxylic acids is 1. The summed E-state index contributed by atoms with van der Waals surface area (Å²) in [4.78, 5) is 17.2. The molecule has 0 bridgehead atoms. The van der Waals surface area contributed by atoms with E-state index in [4.69, 9.17) is 0 Å². The Hall–Kier alpha value is -2.43. The van der Waals surface area contributed by atoms with Gasteiger partial charge in [0.2, 0.25) is 11.9 Å². The summed E-state index contributed by atoms with van der Waals surface area (Å²) in [5, 5.41) is 3.07. The predicted octanol–water partition coefficient (Wildman–Crippen LogP) is 2.96. The van der Waals surface area contributed by atoms with E-state index in [1.807, 2.05) is 29.2 Å². The Bertz CT molecular complexity index is 642. The van der Waals surface area contributed by atoms with Crippen molar-refractivity contribution in [1.29, 1.82) is 0 Å². The normalized spacial score (nSPS) is 14.5. The maximum Gasteiger partial charge on any atom is 0.227 e. The second-order valence-electron chi connectivity index (χ2n) is 5.01. The molecule has 1 aliphatic rings. The highest BCUT2D eigenvalue weighted by atomic mass is 19.1. The van der Waals surface area contributed by atoms with Crippen LogP contribution in [0.5, 0.6) is 0 Å². The molecule has 4 nitrogen and oxygen atoms in total. The van der Waals surface area contributed by atoms with E-state index in [0.29, 0.717) is 18.8 Å². The van der Waals surface area contributed by atoms with Crippen LogP contribution < -0.4 is 10.2 Å². The minimum absolute atomic E-state index is 0.185. The molecule has 0 radical (unpaired) electrons. The Kier molecular flexibility index (Phi) is 3.81. The van der Waals surface area contributed by atoms with Crippen molar-refractivity contribution >= 4 is 17.4 Å². The van der Waals surface area contributed by atoms with Gasteiger partial charge in [-0.15, -0.1) is 0 Å². The van der Waals surface area contributed by atoms with E-state index in [1.165, 1.54) is 6.07 Å². The molecule has 1 N–H and O–H groups in total. The fraction of sp³-hybridized carbons (Fsp3) is 0.250. The lowest BCUT2D eigenvalue weighted by Crippen LogP contribution is -2.23. The molecule has 0 atom stereocenters. The van der Waals surface area contributed by atoms with Gasteiger partial charge in [-0.25, -0.2) is 4.98 Å². The average molecular weight is 285 g/mol. The van der Waals surface area contributed by atoms with Crippen molar-refractivity contribution in [2.24, 2.45) is 0 Å². The van der Waals surface area contributed by atoms with Crippen LogP contribution in [0.3, 0.4) is 0 Å². The van der Waals surface area contributed by atoms with Crippen LogP contribution in [-0.2, 0) is 11.3 Å². The number of nitrogens with zero attached hydrogens (tertiary/aromatic N) is 2. The Morgan fingerprint density at radius 2 is 2.00 bits per heavy atom. The third kappa shape index (κ3) is 3.18. The maximum absolute atomic E-state index is 13.0. The van der Waals surface area contributed by atoms with Gasteiger partial charge in [0.1, 0.15) is 5.82 Å². The average Bonchev–Trinajstić information content (AvgIpc) is 2.92. The smallest absolute Gasteiger partial charge is 0.227 e. The summed E-state index contributed by atoms with van der Waals surface area (Å²) < 4.78 is 13.0. The highest BCUT2D eigenvalue weighted by Gasteiger charge is 2.21. The Morgan fingerprint density at radius 1 is 1.19 bits per heavy atom. The first-order valence-corrected chi connectivity index (χ1v) is 6.98. The predicted molar refractivity (Wildman–Crippen MR) is 79.6 cm³/mol. The number of amides is 1. The van der Waals surface area contributed by atoms with Crippen molar-refractivity contribution in [2.45, 2.75) is 19.4 Å². The Balaban J connectivity index is 1.63. The summed E-state index contributed by atoms with van der Waals surface area (Å²) in [6, 6.07) is 12.5. The van der Waals surface area contributed by atoms with Crippen LogP contribution in [0, 0.1) is 5.95 Å². The minimum Gasteiger partial charge on any atom is -0.366 e. The lowest BCUT2D eigenvalue weighted by atomic mass is 10.2. The first-order chi connectivity index (χ1) is 10.2. The SMILES string of the molecule is O=C1CCCN1c1ccc(CNc2cccc(F)n2)cc1. The molecule has 1 saturated heterocycles. The second-order valence-corrected chi connectivity index (χ2v) is 5.01. The molecular formula is C16H16FN3O. The lowest BCUT2D eigenvalue weighted by Gasteiger charge is -2.16. The Labute approximate surface area is 122 Å². The number of benzene rings is 1. The van der Waals surface area contributed by atoms with Gasteiger partial charge in [0.05, 0.1) is 0 Å². The molecule has 0 aliphatic carbocycles. The summed E-state index contributed by atoms with van der Waals surface area (Å²) in [6.45, 7) is 1.36. The summed E-state index contributed by atoms with van der Waals surface area (Å²) in [7, 11) is 0. The molecule has 1 aromatic carbocycles. The largest absolute Gasteiger partial charge is 0.366 e. The molecule has 0 spiro atoms. The molecule has 2 aromatic rings. The van der Waals surface area contributed by atoms with Crippen molar-refractivity contribution in [1.82, 2.24) is 4.98 Å². The number of aromatic nitrogens is 1. The van der Waals surface area contributed by atoms with Crippen molar-refractivity contribution in [3.8, 4) is 0 Å². The van der Waals surface area contributed by atoms with Crippen molar-refractivity contribution < 1.29 is 9.18 Å². The Morgan fingerprint density at radius 3 is 2.67 bits per heavy atom. The van der Waals surface area contributed by atoms with Crippen LogP contribution >= 0.6 is 0 Å². The van der Waals surface area contributed by atoms with E-state index in [1.54, 1.807) is 12.1 Å². The molecule has 3 rings (SSSR count). The van der Waals surface area contributed by atoms with Gasteiger partial charge in [0.25, 0.3) is 0 Å². The number of hydrogen-bond donors (Lipinski definition) is 1. The van der Waals surface area contributed by atoms with Crippen LogP contribution in [0.15, 0.2) is 42.5 Å². The van der Waals surface area contributed by atoms with E-state index in [-0.39, 0.29) is 5.91 Å². The van der Waals surface area contributed by atoms with E-state index in [9.17, 15) is 9.18 Å². The molecule has 1 aliphatic heterocycles. The monoisotopic (exact) mass is 285 g/mol.